The van der Waals surface area contributed by atoms with Crippen LogP contribution < -0.4 is 16.0 Å². The molecule has 20 heavy (non-hydrogen) atoms. The third-order valence-electron chi connectivity index (χ3n) is 3.78. The Labute approximate surface area is 116 Å². The maximum Gasteiger partial charge on any atom is 0.407 e. The molecule has 1 aromatic carbocycles. The quantitative estimate of drug-likeness (QED) is 0.608. The minimum absolute atomic E-state index is 0.114. The van der Waals surface area contributed by atoms with Crippen molar-refractivity contribution in [3.8, 4) is 0 Å². The molecule has 0 saturated carbocycles. The molecule has 1 atom stereocenters. The SMILES string of the molecule is Nc1ccc2c(c1)NC(=O)CC1CN(C(=O)O)CCN21. The number of nitrogen functional groups attached to an aromatic ring is 1. The summed E-state index contributed by atoms with van der Waals surface area (Å²) in [6.07, 6.45) is -0.662. The largest absolute Gasteiger partial charge is 0.465 e. The molecule has 0 spiro atoms. The van der Waals surface area contributed by atoms with Gasteiger partial charge in [-0.15, -0.1) is 0 Å². The third-order valence-corrected chi connectivity index (χ3v) is 3.78. The molecular weight excluding hydrogens is 260 g/mol. The molecule has 1 unspecified atom stereocenters. The zero-order chi connectivity index (χ0) is 14.3. The van der Waals surface area contributed by atoms with E-state index in [2.05, 4.69) is 10.2 Å². The van der Waals surface area contributed by atoms with Gasteiger partial charge in [-0.25, -0.2) is 4.79 Å². The molecule has 2 aliphatic rings. The lowest BCUT2D eigenvalue weighted by Crippen LogP contribution is -2.54. The predicted octanol–water partition coefficient (Wildman–Crippen LogP) is 0.780. The van der Waals surface area contributed by atoms with Crippen LogP contribution in [0, 0.1) is 0 Å². The van der Waals surface area contributed by atoms with Gasteiger partial charge >= 0.3 is 6.09 Å². The summed E-state index contributed by atoms with van der Waals surface area (Å²) >= 11 is 0. The molecule has 2 heterocycles. The van der Waals surface area contributed by atoms with Gasteiger partial charge in [0.15, 0.2) is 0 Å². The fourth-order valence-electron chi connectivity index (χ4n) is 2.84. The van der Waals surface area contributed by atoms with E-state index in [-0.39, 0.29) is 18.4 Å². The number of rotatable bonds is 0. The lowest BCUT2D eigenvalue weighted by molar-refractivity contribution is -0.116. The first kappa shape index (κ1) is 12.6. The van der Waals surface area contributed by atoms with Crippen molar-refractivity contribution in [1.29, 1.82) is 0 Å². The molecular formula is C13H16N4O3. The molecule has 1 saturated heterocycles. The van der Waals surface area contributed by atoms with Gasteiger partial charge in [0.05, 0.1) is 17.4 Å². The van der Waals surface area contributed by atoms with Crippen molar-refractivity contribution < 1.29 is 14.7 Å². The van der Waals surface area contributed by atoms with Gasteiger partial charge in [0, 0.05) is 31.7 Å². The molecule has 2 amide bonds. The second-order valence-electron chi connectivity index (χ2n) is 5.10. The van der Waals surface area contributed by atoms with E-state index in [1.165, 1.54) is 4.90 Å². The van der Waals surface area contributed by atoms with Crippen molar-refractivity contribution >= 4 is 29.1 Å². The fourth-order valence-corrected chi connectivity index (χ4v) is 2.84. The molecule has 3 rings (SSSR count). The Kier molecular flexibility index (Phi) is 2.89. The highest BCUT2D eigenvalue weighted by Crippen LogP contribution is 2.34. The lowest BCUT2D eigenvalue weighted by Gasteiger charge is -2.40. The number of carbonyl (C=O) groups is 2. The van der Waals surface area contributed by atoms with Gasteiger partial charge in [-0.05, 0) is 18.2 Å². The maximum absolute atomic E-state index is 11.9. The monoisotopic (exact) mass is 276 g/mol. The summed E-state index contributed by atoms with van der Waals surface area (Å²) in [6, 6.07) is 5.26. The summed E-state index contributed by atoms with van der Waals surface area (Å²) in [6.45, 7) is 1.35. The summed E-state index contributed by atoms with van der Waals surface area (Å²) in [5, 5.41) is 11.9. The molecule has 0 radical (unpaired) electrons. The van der Waals surface area contributed by atoms with Gasteiger partial charge in [-0.1, -0.05) is 0 Å². The third kappa shape index (κ3) is 2.11. The van der Waals surface area contributed by atoms with Gasteiger partial charge in [-0.2, -0.15) is 0 Å². The van der Waals surface area contributed by atoms with E-state index in [1.807, 2.05) is 6.07 Å². The fraction of sp³-hybridized carbons (Fsp3) is 0.385. The number of carboxylic acid groups (broad SMARTS) is 1. The van der Waals surface area contributed by atoms with Crippen LogP contribution in [0.1, 0.15) is 6.42 Å². The first-order chi connectivity index (χ1) is 9.54. The highest BCUT2D eigenvalue weighted by molar-refractivity contribution is 5.97. The van der Waals surface area contributed by atoms with E-state index >= 15 is 0 Å². The van der Waals surface area contributed by atoms with Crippen LogP contribution in [0.4, 0.5) is 21.9 Å². The second-order valence-corrected chi connectivity index (χ2v) is 5.10. The van der Waals surface area contributed by atoms with Gasteiger partial charge < -0.3 is 26.0 Å². The van der Waals surface area contributed by atoms with Crippen LogP contribution in [0.15, 0.2) is 18.2 Å². The summed E-state index contributed by atoms with van der Waals surface area (Å²) in [5.74, 6) is -0.114. The molecule has 106 valence electrons. The smallest absolute Gasteiger partial charge is 0.407 e. The number of piperazine rings is 1. The lowest BCUT2D eigenvalue weighted by atomic mass is 10.1. The molecule has 0 aromatic heterocycles. The second kappa shape index (κ2) is 4.59. The van der Waals surface area contributed by atoms with Crippen molar-refractivity contribution in [3.05, 3.63) is 18.2 Å². The highest BCUT2D eigenvalue weighted by Gasteiger charge is 2.34. The van der Waals surface area contributed by atoms with Crippen molar-refractivity contribution in [2.24, 2.45) is 0 Å². The molecule has 7 heteroatoms. The van der Waals surface area contributed by atoms with Crippen LogP contribution in [-0.4, -0.2) is 47.7 Å². The van der Waals surface area contributed by atoms with Crippen LogP contribution in [-0.2, 0) is 4.79 Å². The first-order valence-electron chi connectivity index (χ1n) is 6.48. The summed E-state index contributed by atoms with van der Waals surface area (Å²) in [5.41, 5.74) is 7.94. The molecule has 1 fully saturated rings. The first-order valence-corrected chi connectivity index (χ1v) is 6.48. The van der Waals surface area contributed by atoms with Crippen LogP contribution in [0.25, 0.3) is 0 Å². The molecule has 7 nitrogen and oxygen atoms in total. The highest BCUT2D eigenvalue weighted by atomic mass is 16.4. The van der Waals surface area contributed by atoms with Crippen LogP contribution in [0.2, 0.25) is 0 Å². The topological polar surface area (TPSA) is 98.9 Å². The van der Waals surface area contributed by atoms with Gasteiger partial charge in [0.25, 0.3) is 0 Å². The van der Waals surface area contributed by atoms with Gasteiger partial charge in [-0.3, -0.25) is 4.79 Å². The number of nitrogens with one attached hydrogen (secondary N) is 1. The minimum Gasteiger partial charge on any atom is -0.465 e. The van der Waals surface area contributed by atoms with Crippen molar-refractivity contribution in [2.75, 3.05) is 35.6 Å². The number of carbonyl (C=O) groups excluding carboxylic acids is 1. The van der Waals surface area contributed by atoms with E-state index in [1.54, 1.807) is 12.1 Å². The number of fused-ring (bicyclic) bond motifs is 3. The van der Waals surface area contributed by atoms with E-state index < -0.39 is 6.09 Å². The van der Waals surface area contributed by atoms with E-state index in [4.69, 9.17) is 10.8 Å². The summed E-state index contributed by atoms with van der Waals surface area (Å²) in [4.78, 5) is 26.5. The van der Waals surface area contributed by atoms with Crippen LogP contribution >= 0.6 is 0 Å². The molecule has 1 aromatic rings. The molecule has 4 N–H and O–H groups in total. The average Bonchev–Trinajstić information content (AvgIpc) is 2.52. The number of nitrogens with two attached hydrogens (primary N) is 1. The molecule has 2 aliphatic heterocycles. The normalized spacial score (nSPS) is 21.6. The van der Waals surface area contributed by atoms with Crippen LogP contribution in [0.5, 0.6) is 0 Å². The Morgan fingerprint density at radius 1 is 1.40 bits per heavy atom. The maximum atomic E-state index is 11.9. The Bertz CT molecular complexity index is 575. The molecule has 0 bridgehead atoms. The Morgan fingerprint density at radius 2 is 2.20 bits per heavy atom. The number of benzene rings is 1. The zero-order valence-electron chi connectivity index (χ0n) is 10.9. The van der Waals surface area contributed by atoms with Crippen LogP contribution in [0.3, 0.4) is 0 Å². The number of anilines is 3. The zero-order valence-corrected chi connectivity index (χ0v) is 10.9. The van der Waals surface area contributed by atoms with Crippen molar-refractivity contribution in [3.63, 3.8) is 0 Å². The van der Waals surface area contributed by atoms with Gasteiger partial charge in [0.2, 0.25) is 5.91 Å². The van der Waals surface area contributed by atoms with Crippen molar-refractivity contribution in [2.45, 2.75) is 12.5 Å². The standard InChI is InChI=1S/C13H16N4O3/c14-8-1-2-11-10(5-8)15-12(18)6-9-7-16(13(19)20)3-4-17(9)11/h1-2,5,9H,3-4,6-7,14H2,(H,15,18)(H,19,20). The van der Waals surface area contributed by atoms with Crippen molar-refractivity contribution in [1.82, 2.24) is 4.90 Å². The Balaban J connectivity index is 1.96. The average molecular weight is 276 g/mol. The minimum atomic E-state index is -0.938. The number of amides is 2. The summed E-state index contributed by atoms with van der Waals surface area (Å²) < 4.78 is 0. The number of nitrogens with zero attached hydrogens (tertiary/aromatic N) is 2. The number of hydrogen-bond donors (Lipinski definition) is 3. The molecule has 0 aliphatic carbocycles. The Morgan fingerprint density at radius 3 is 2.95 bits per heavy atom. The number of hydrogen-bond acceptors (Lipinski definition) is 4. The summed E-state index contributed by atoms with van der Waals surface area (Å²) in [7, 11) is 0. The van der Waals surface area contributed by atoms with E-state index in [0.717, 1.165) is 5.69 Å². The van der Waals surface area contributed by atoms with Gasteiger partial charge in [0.1, 0.15) is 0 Å². The van der Waals surface area contributed by atoms with E-state index in [0.29, 0.717) is 31.0 Å². The Hall–Kier alpha value is -2.44. The van der Waals surface area contributed by atoms with E-state index in [9.17, 15) is 9.59 Å². The predicted molar refractivity (Wildman–Crippen MR) is 74.8 cm³/mol.